The number of nitrogens with zero attached hydrogens (tertiary/aromatic N) is 2. The van der Waals surface area contributed by atoms with Gasteiger partial charge in [0.05, 0.1) is 22.3 Å². The molecule has 0 saturated carbocycles. The standard InChI is InChI=1S/C25H27F3N2O6S/c1-15-19(12-21(31)35-14-36-23(32)24(2,3)4)18-7-6-10-29-22(18)30(15)13-16-8-9-17(37(5,33)34)11-20(16)25(26,27)28/h6-11H,12-14H2,1-5H3. The molecule has 0 unspecified atom stereocenters. The van der Waals surface area contributed by atoms with Crippen molar-refractivity contribution in [1.29, 1.82) is 0 Å². The fourth-order valence-corrected chi connectivity index (χ4v) is 4.35. The topological polar surface area (TPSA) is 105 Å². The maximum absolute atomic E-state index is 13.8. The molecule has 3 aromatic rings. The summed E-state index contributed by atoms with van der Waals surface area (Å²) in [4.78, 5) is 28.2. The highest BCUT2D eigenvalue weighted by molar-refractivity contribution is 7.90. The van der Waals surface area contributed by atoms with Crippen molar-refractivity contribution >= 4 is 32.8 Å². The Kier molecular flexibility index (Phi) is 7.73. The fourth-order valence-electron chi connectivity index (χ4n) is 3.70. The zero-order valence-electron chi connectivity index (χ0n) is 21.0. The van der Waals surface area contributed by atoms with E-state index >= 15 is 0 Å². The summed E-state index contributed by atoms with van der Waals surface area (Å²) in [5.74, 6) is -1.24. The van der Waals surface area contributed by atoms with Crippen LogP contribution in [0.1, 0.15) is 43.2 Å². The van der Waals surface area contributed by atoms with Gasteiger partial charge in [0.1, 0.15) is 5.65 Å². The summed E-state index contributed by atoms with van der Waals surface area (Å²) in [6.45, 7) is 5.77. The van der Waals surface area contributed by atoms with Gasteiger partial charge >= 0.3 is 18.1 Å². The van der Waals surface area contributed by atoms with Gasteiger partial charge in [0.2, 0.25) is 6.79 Å². The van der Waals surface area contributed by atoms with E-state index in [2.05, 4.69) is 4.98 Å². The number of fused-ring (bicyclic) bond motifs is 1. The lowest BCUT2D eigenvalue weighted by molar-refractivity contribution is -0.172. The summed E-state index contributed by atoms with van der Waals surface area (Å²) in [5.41, 5.74) is -0.670. The number of hydrogen-bond acceptors (Lipinski definition) is 7. The summed E-state index contributed by atoms with van der Waals surface area (Å²) >= 11 is 0. The summed E-state index contributed by atoms with van der Waals surface area (Å²) < 4.78 is 76.7. The Morgan fingerprint density at radius 2 is 1.76 bits per heavy atom. The van der Waals surface area contributed by atoms with Gasteiger partial charge in [0.15, 0.2) is 9.84 Å². The highest BCUT2D eigenvalue weighted by Crippen LogP contribution is 2.35. The number of benzene rings is 1. The normalized spacial score (nSPS) is 12.5. The molecule has 0 aliphatic carbocycles. The molecule has 0 radical (unpaired) electrons. The molecule has 0 atom stereocenters. The number of esters is 2. The zero-order valence-corrected chi connectivity index (χ0v) is 21.8. The molecule has 0 amide bonds. The highest BCUT2D eigenvalue weighted by Gasteiger charge is 2.35. The second kappa shape index (κ2) is 10.2. The molecule has 0 saturated heterocycles. The first-order valence-electron chi connectivity index (χ1n) is 11.2. The van der Waals surface area contributed by atoms with Crippen LogP contribution >= 0.6 is 0 Å². The molecule has 0 aliphatic rings. The number of ether oxygens (including phenoxy) is 2. The van der Waals surface area contributed by atoms with Crippen molar-refractivity contribution in [3.63, 3.8) is 0 Å². The molecule has 0 fully saturated rings. The third-order valence-corrected chi connectivity index (χ3v) is 6.81. The van der Waals surface area contributed by atoms with Crippen LogP contribution in [0.15, 0.2) is 41.4 Å². The van der Waals surface area contributed by atoms with Crippen molar-refractivity contribution in [3.05, 3.63) is 58.9 Å². The third-order valence-electron chi connectivity index (χ3n) is 5.70. The molecule has 1 aromatic carbocycles. The van der Waals surface area contributed by atoms with Crippen LogP contribution in [0.4, 0.5) is 13.2 Å². The molecule has 0 bridgehead atoms. The highest BCUT2D eigenvalue weighted by atomic mass is 32.2. The lowest BCUT2D eigenvalue weighted by atomic mass is 9.98. The van der Waals surface area contributed by atoms with Crippen LogP contribution in [-0.4, -0.2) is 43.0 Å². The Labute approximate surface area is 212 Å². The third kappa shape index (κ3) is 6.48. The Hall–Kier alpha value is -3.41. The Balaban J connectivity index is 1.94. The minimum absolute atomic E-state index is 0.159. The number of carbonyl (C=O) groups excluding carboxylic acids is 2. The Morgan fingerprint density at radius 3 is 2.35 bits per heavy atom. The van der Waals surface area contributed by atoms with E-state index in [4.69, 9.17) is 9.47 Å². The van der Waals surface area contributed by atoms with E-state index < -0.39 is 50.6 Å². The van der Waals surface area contributed by atoms with Crippen LogP contribution in [0.2, 0.25) is 0 Å². The average Bonchev–Trinajstić information content (AvgIpc) is 3.03. The van der Waals surface area contributed by atoms with E-state index in [9.17, 15) is 31.2 Å². The molecular weight excluding hydrogens is 513 g/mol. The number of alkyl halides is 3. The monoisotopic (exact) mass is 540 g/mol. The van der Waals surface area contributed by atoms with E-state index in [0.29, 0.717) is 28.4 Å². The number of hydrogen-bond donors (Lipinski definition) is 0. The van der Waals surface area contributed by atoms with E-state index in [1.54, 1.807) is 39.8 Å². The molecule has 12 heteroatoms. The van der Waals surface area contributed by atoms with Gasteiger partial charge in [-0.3, -0.25) is 9.59 Å². The predicted octanol–water partition coefficient (Wildman–Crippen LogP) is 4.45. The molecular formula is C25H27F3N2O6S. The summed E-state index contributed by atoms with van der Waals surface area (Å²) in [6.07, 6.45) is -2.71. The van der Waals surface area contributed by atoms with Crippen molar-refractivity contribution in [2.45, 2.75) is 51.7 Å². The molecule has 2 aromatic heterocycles. The van der Waals surface area contributed by atoms with Gasteiger partial charge in [-0.1, -0.05) is 6.07 Å². The number of carbonyl (C=O) groups is 2. The molecule has 0 spiro atoms. The first-order valence-corrected chi connectivity index (χ1v) is 13.0. The molecule has 0 aliphatic heterocycles. The van der Waals surface area contributed by atoms with Gasteiger partial charge in [-0.25, -0.2) is 13.4 Å². The molecule has 0 N–H and O–H groups in total. The van der Waals surface area contributed by atoms with Gasteiger partial charge in [-0.05, 0) is 63.1 Å². The zero-order chi connectivity index (χ0) is 27.8. The Morgan fingerprint density at radius 1 is 1.08 bits per heavy atom. The number of rotatable bonds is 7. The first-order chi connectivity index (χ1) is 17.0. The fraction of sp³-hybridized carbons (Fsp3) is 0.400. The molecule has 3 rings (SSSR count). The van der Waals surface area contributed by atoms with Crippen molar-refractivity contribution < 1.29 is 40.7 Å². The molecule has 37 heavy (non-hydrogen) atoms. The van der Waals surface area contributed by atoms with Crippen molar-refractivity contribution in [2.24, 2.45) is 5.41 Å². The van der Waals surface area contributed by atoms with Crippen LogP contribution in [0.3, 0.4) is 0 Å². The van der Waals surface area contributed by atoms with E-state index in [-0.39, 0.29) is 18.5 Å². The molecule has 200 valence electrons. The number of pyridine rings is 1. The van der Waals surface area contributed by atoms with Gasteiger partial charge in [0.25, 0.3) is 0 Å². The van der Waals surface area contributed by atoms with Gasteiger partial charge in [-0.15, -0.1) is 0 Å². The van der Waals surface area contributed by atoms with E-state index in [1.165, 1.54) is 10.8 Å². The summed E-state index contributed by atoms with van der Waals surface area (Å²) in [7, 11) is -3.85. The average molecular weight is 541 g/mol. The minimum atomic E-state index is -4.79. The van der Waals surface area contributed by atoms with Crippen LogP contribution in [0.25, 0.3) is 11.0 Å². The van der Waals surface area contributed by atoms with E-state index in [1.807, 2.05) is 0 Å². The van der Waals surface area contributed by atoms with Crippen molar-refractivity contribution in [3.8, 4) is 0 Å². The SMILES string of the molecule is Cc1c(CC(=O)OCOC(=O)C(C)(C)C)c2cccnc2n1Cc1ccc(S(C)(=O)=O)cc1C(F)(F)F. The molecule has 2 heterocycles. The second-order valence-electron chi connectivity index (χ2n) is 9.61. The number of sulfone groups is 1. The van der Waals surface area contributed by atoms with Gasteiger partial charge in [-0.2, -0.15) is 13.2 Å². The largest absolute Gasteiger partial charge is 0.428 e. The van der Waals surface area contributed by atoms with Crippen LogP contribution < -0.4 is 0 Å². The van der Waals surface area contributed by atoms with Gasteiger partial charge < -0.3 is 14.0 Å². The maximum Gasteiger partial charge on any atom is 0.416 e. The number of aromatic nitrogens is 2. The molecule has 8 nitrogen and oxygen atoms in total. The van der Waals surface area contributed by atoms with Crippen molar-refractivity contribution in [1.82, 2.24) is 9.55 Å². The minimum Gasteiger partial charge on any atom is -0.428 e. The quantitative estimate of drug-likeness (QED) is 0.322. The second-order valence-corrected chi connectivity index (χ2v) is 11.6. The maximum atomic E-state index is 13.8. The van der Waals surface area contributed by atoms with Crippen molar-refractivity contribution in [2.75, 3.05) is 13.0 Å². The van der Waals surface area contributed by atoms with Crippen LogP contribution in [-0.2, 0) is 48.0 Å². The van der Waals surface area contributed by atoms with Gasteiger partial charge in [0, 0.05) is 30.1 Å². The summed E-state index contributed by atoms with van der Waals surface area (Å²) in [5, 5.41) is 0.546. The smallest absolute Gasteiger partial charge is 0.416 e. The summed E-state index contributed by atoms with van der Waals surface area (Å²) in [6, 6.07) is 6.20. The predicted molar refractivity (Wildman–Crippen MR) is 128 cm³/mol. The lowest BCUT2D eigenvalue weighted by Crippen LogP contribution is -2.25. The van der Waals surface area contributed by atoms with Crippen LogP contribution in [0, 0.1) is 12.3 Å². The van der Waals surface area contributed by atoms with Crippen LogP contribution in [0.5, 0.6) is 0 Å². The van der Waals surface area contributed by atoms with E-state index in [0.717, 1.165) is 18.4 Å². The lowest BCUT2D eigenvalue weighted by Gasteiger charge is -2.16. The number of halogens is 3. The Bertz CT molecular complexity index is 1450. The first kappa shape index (κ1) is 28.2.